The van der Waals surface area contributed by atoms with Gasteiger partial charge in [0.15, 0.2) is 0 Å². The average molecular weight is 220 g/mol. The molecule has 1 saturated carbocycles. The first-order valence-corrected chi connectivity index (χ1v) is 6.12. The largest absolute Gasteiger partial charge is 0.353 e. The Morgan fingerprint density at radius 2 is 2.12 bits per heavy atom. The van der Waals surface area contributed by atoms with Crippen molar-refractivity contribution in [3.63, 3.8) is 0 Å². The molecule has 0 amide bonds. The SMILES string of the molecule is CCN(c1cncc(CN)n1)C1CCCC1. The molecular weight excluding hydrogens is 200 g/mol. The molecule has 2 N–H and O–H groups in total. The minimum atomic E-state index is 0.461. The Kier molecular flexibility index (Phi) is 3.72. The predicted molar refractivity (Wildman–Crippen MR) is 65.2 cm³/mol. The van der Waals surface area contributed by atoms with Gasteiger partial charge in [0.1, 0.15) is 5.82 Å². The molecule has 0 saturated heterocycles. The highest BCUT2D eigenvalue weighted by Crippen LogP contribution is 2.26. The maximum absolute atomic E-state index is 5.59. The number of hydrogen-bond acceptors (Lipinski definition) is 4. The van der Waals surface area contributed by atoms with E-state index in [4.69, 9.17) is 5.73 Å². The molecule has 1 aromatic heterocycles. The van der Waals surface area contributed by atoms with Crippen LogP contribution in [0.25, 0.3) is 0 Å². The van der Waals surface area contributed by atoms with Gasteiger partial charge in [0.05, 0.1) is 11.9 Å². The highest BCUT2D eigenvalue weighted by atomic mass is 15.2. The number of anilines is 1. The molecule has 88 valence electrons. The van der Waals surface area contributed by atoms with E-state index in [1.807, 2.05) is 6.20 Å². The molecule has 0 bridgehead atoms. The highest BCUT2D eigenvalue weighted by molar-refractivity contribution is 5.38. The number of rotatable bonds is 4. The molecule has 0 radical (unpaired) electrons. The molecule has 1 heterocycles. The van der Waals surface area contributed by atoms with E-state index in [0.717, 1.165) is 18.1 Å². The van der Waals surface area contributed by atoms with E-state index in [0.29, 0.717) is 12.6 Å². The van der Waals surface area contributed by atoms with Crippen LogP contribution in [0.15, 0.2) is 12.4 Å². The molecule has 1 fully saturated rings. The zero-order valence-electron chi connectivity index (χ0n) is 9.89. The van der Waals surface area contributed by atoms with Crippen molar-refractivity contribution in [2.24, 2.45) is 5.73 Å². The van der Waals surface area contributed by atoms with Crippen LogP contribution < -0.4 is 10.6 Å². The summed E-state index contributed by atoms with van der Waals surface area (Å²) in [6.07, 6.45) is 8.83. The summed E-state index contributed by atoms with van der Waals surface area (Å²) >= 11 is 0. The van der Waals surface area contributed by atoms with Gasteiger partial charge in [-0.1, -0.05) is 12.8 Å². The second kappa shape index (κ2) is 5.25. The molecule has 0 atom stereocenters. The molecule has 0 unspecified atom stereocenters. The summed E-state index contributed by atoms with van der Waals surface area (Å²) in [6, 6.07) is 0.646. The van der Waals surface area contributed by atoms with Crippen LogP contribution in [-0.4, -0.2) is 22.6 Å². The Bertz CT molecular complexity index is 334. The lowest BCUT2D eigenvalue weighted by Gasteiger charge is -2.28. The summed E-state index contributed by atoms with van der Waals surface area (Å²) in [5.41, 5.74) is 6.46. The maximum Gasteiger partial charge on any atom is 0.147 e. The van der Waals surface area contributed by atoms with Crippen LogP contribution >= 0.6 is 0 Å². The van der Waals surface area contributed by atoms with Gasteiger partial charge >= 0.3 is 0 Å². The number of hydrogen-bond donors (Lipinski definition) is 1. The predicted octanol–water partition coefficient (Wildman–Crippen LogP) is 1.70. The van der Waals surface area contributed by atoms with E-state index < -0.39 is 0 Å². The smallest absolute Gasteiger partial charge is 0.147 e. The second-order valence-corrected chi connectivity index (χ2v) is 4.30. The molecule has 1 aromatic rings. The first kappa shape index (κ1) is 11.3. The monoisotopic (exact) mass is 220 g/mol. The van der Waals surface area contributed by atoms with E-state index in [1.54, 1.807) is 6.20 Å². The van der Waals surface area contributed by atoms with Gasteiger partial charge < -0.3 is 10.6 Å². The lowest BCUT2D eigenvalue weighted by molar-refractivity contribution is 0.610. The minimum absolute atomic E-state index is 0.461. The van der Waals surface area contributed by atoms with E-state index in [2.05, 4.69) is 21.8 Å². The third-order valence-corrected chi connectivity index (χ3v) is 3.28. The van der Waals surface area contributed by atoms with Gasteiger partial charge in [-0.05, 0) is 19.8 Å². The molecule has 16 heavy (non-hydrogen) atoms. The van der Waals surface area contributed by atoms with Gasteiger partial charge in [0, 0.05) is 25.3 Å². The molecule has 4 heteroatoms. The van der Waals surface area contributed by atoms with Crippen molar-refractivity contribution in [2.45, 2.75) is 45.2 Å². The topological polar surface area (TPSA) is 55.0 Å². The van der Waals surface area contributed by atoms with Crippen LogP contribution in [-0.2, 0) is 6.54 Å². The van der Waals surface area contributed by atoms with Crippen molar-refractivity contribution in [1.82, 2.24) is 9.97 Å². The summed E-state index contributed by atoms with van der Waals surface area (Å²) in [5.74, 6) is 0.984. The van der Waals surface area contributed by atoms with Crippen molar-refractivity contribution in [2.75, 3.05) is 11.4 Å². The Morgan fingerprint density at radius 1 is 1.38 bits per heavy atom. The van der Waals surface area contributed by atoms with Crippen molar-refractivity contribution in [3.05, 3.63) is 18.1 Å². The van der Waals surface area contributed by atoms with Gasteiger partial charge in [-0.15, -0.1) is 0 Å². The first-order valence-electron chi connectivity index (χ1n) is 6.12. The molecule has 4 nitrogen and oxygen atoms in total. The fourth-order valence-corrected chi connectivity index (χ4v) is 2.45. The van der Waals surface area contributed by atoms with Gasteiger partial charge in [-0.2, -0.15) is 0 Å². The summed E-state index contributed by atoms with van der Waals surface area (Å²) in [5, 5.41) is 0. The Labute approximate surface area is 96.9 Å². The second-order valence-electron chi connectivity index (χ2n) is 4.30. The third-order valence-electron chi connectivity index (χ3n) is 3.28. The fourth-order valence-electron chi connectivity index (χ4n) is 2.45. The molecule has 0 spiro atoms. The van der Waals surface area contributed by atoms with Crippen LogP contribution in [0, 0.1) is 0 Å². The fraction of sp³-hybridized carbons (Fsp3) is 0.667. The Balaban J connectivity index is 2.18. The van der Waals surface area contributed by atoms with Crippen molar-refractivity contribution in [3.8, 4) is 0 Å². The highest BCUT2D eigenvalue weighted by Gasteiger charge is 2.22. The quantitative estimate of drug-likeness (QED) is 0.839. The van der Waals surface area contributed by atoms with Crippen LogP contribution in [0.3, 0.4) is 0 Å². The standard InChI is InChI=1S/C12H20N4/c1-2-16(11-5-3-4-6-11)12-9-14-8-10(7-13)15-12/h8-9,11H,2-7,13H2,1H3. The van der Waals surface area contributed by atoms with E-state index in [9.17, 15) is 0 Å². The zero-order chi connectivity index (χ0) is 11.4. The number of nitrogens with two attached hydrogens (primary N) is 1. The van der Waals surface area contributed by atoms with Crippen molar-refractivity contribution < 1.29 is 0 Å². The van der Waals surface area contributed by atoms with E-state index >= 15 is 0 Å². The van der Waals surface area contributed by atoms with Crippen LogP contribution in [0.4, 0.5) is 5.82 Å². The minimum Gasteiger partial charge on any atom is -0.353 e. The number of aromatic nitrogens is 2. The van der Waals surface area contributed by atoms with E-state index in [1.165, 1.54) is 25.7 Å². The van der Waals surface area contributed by atoms with E-state index in [-0.39, 0.29) is 0 Å². The third kappa shape index (κ3) is 2.32. The first-order chi connectivity index (χ1) is 7.85. The maximum atomic E-state index is 5.59. The van der Waals surface area contributed by atoms with Gasteiger partial charge in [0.25, 0.3) is 0 Å². The molecule has 2 rings (SSSR count). The summed E-state index contributed by atoms with van der Waals surface area (Å²) in [4.78, 5) is 11.1. The van der Waals surface area contributed by atoms with Crippen LogP contribution in [0.5, 0.6) is 0 Å². The molecule has 1 aliphatic rings. The molecule has 1 aliphatic carbocycles. The van der Waals surface area contributed by atoms with Crippen LogP contribution in [0.2, 0.25) is 0 Å². The average Bonchev–Trinajstić information content (AvgIpc) is 2.84. The summed E-state index contributed by atoms with van der Waals surface area (Å²) in [6.45, 7) is 3.63. The van der Waals surface area contributed by atoms with Gasteiger partial charge in [-0.3, -0.25) is 4.98 Å². The zero-order valence-corrected chi connectivity index (χ0v) is 9.89. The van der Waals surface area contributed by atoms with Gasteiger partial charge in [-0.25, -0.2) is 4.98 Å². The van der Waals surface area contributed by atoms with Crippen LogP contribution in [0.1, 0.15) is 38.3 Å². The van der Waals surface area contributed by atoms with Crippen molar-refractivity contribution in [1.29, 1.82) is 0 Å². The van der Waals surface area contributed by atoms with Gasteiger partial charge in [0.2, 0.25) is 0 Å². The normalized spacial score (nSPS) is 16.6. The Hall–Kier alpha value is -1.16. The Morgan fingerprint density at radius 3 is 2.75 bits per heavy atom. The summed E-state index contributed by atoms with van der Waals surface area (Å²) < 4.78 is 0. The number of nitrogens with zero attached hydrogens (tertiary/aromatic N) is 3. The molecular formula is C12H20N4. The molecule has 0 aliphatic heterocycles. The summed E-state index contributed by atoms with van der Waals surface area (Å²) in [7, 11) is 0. The molecule has 0 aromatic carbocycles. The lowest BCUT2D eigenvalue weighted by Crippen LogP contribution is -2.34. The van der Waals surface area contributed by atoms with Crippen molar-refractivity contribution >= 4 is 5.82 Å². The lowest BCUT2D eigenvalue weighted by atomic mass is 10.2.